The maximum atomic E-state index is 12.4. The second-order valence-electron chi connectivity index (χ2n) is 7.57. The van der Waals surface area contributed by atoms with Crippen molar-refractivity contribution in [3.05, 3.63) is 91.9 Å². The first-order valence-electron chi connectivity index (χ1n) is 11.0. The number of benzene rings is 3. The van der Waals surface area contributed by atoms with Gasteiger partial charge in [-0.05, 0) is 77.8 Å². The lowest BCUT2D eigenvalue weighted by Crippen LogP contribution is -2.43. The molecule has 0 fully saturated rings. The summed E-state index contributed by atoms with van der Waals surface area (Å²) in [5, 5.41) is 7.71. The molecule has 0 aromatic heterocycles. The van der Waals surface area contributed by atoms with Crippen molar-refractivity contribution in [1.29, 1.82) is 0 Å². The molecule has 3 aromatic carbocycles. The van der Waals surface area contributed by atoms with Gasteiger partial charge in [0.25, 0.3) is 11.8 Å². The highest BCUT2D eigenvalue weighted by Gasteiger charge is 2.17. The van der Waals surface area contributed by atoms with Crippen LogP contribution in [0.5, 0.6) is 11.5 Å². The van der Waals surface area contributed by atoms with Crippen molar-refractivity contribution < 1.29 is 19.1 Å². The molecule has 0 bridgehead atoms. The van der Waals surface area contributed by atoms with E-state index in [1.165, 1.54) is 6.21 Å². The molecule has 1 atom stereocenters. The summed E-state index contributed by atoms with van der Waals surface area (Å²) < 4.78 is 12.2. The predicted octanol–water partition coefficient (Wildman–Crippen LogP) is 6.00. The van der Waals surface area contributed by atoms with E-state index in [2.05, 4.69) is 31.8 Å². The molecule has 0 saturated carbocycles. The SMILES string of the molecule is CCOc1cc(C=NNC(=O)C(C)NC(=O)c2ccccc2Br)ccc1OCc1ccc(Cl)cc1Cl. The molecule has 0 aliphatic rings. The Kier molecular flexibility index (Phi) is 10.2. The number of hydrogen-bond acceptors (Lipinski definition) is 5. The molecule has 2 N–H and O–H groups in total. The van der Waals surface area contributed by atoms with E-state index in [0.29, 0.717) is 43.8 Å². The summed E-state index contributed by atoms with van der Waals surface area (Å²) in [4.78, 5) is 24.7. The van der Waals surface area contributed by atoms with Crippen molar-refractivity contribution in [3.63, 3.8) is 0 Å². The minimum Gasteiger partial charge on any atom is -0.490 e. The normalized spacial score (nSPS) is 11.7. The van der Waals surface area contributed by atoms with Gasteiger partial charge >= 0.3 is 0 Å². The van der Waals surface area contributed by atoms with Crippen LogP contribution in [0.2, 0.25) is 10.0 Å². The van der Waals surface area contributed by atoms with Gasteiger partial charge in [0.15, 0.2) is 11.5 Å². The molecule has 1 unspecified atom stereocenters. The summed E-state index contributed by atoms with van der Waals surface area (Å²) in [6.07, 6.45) is 1.47. The third-order valence-corrected chi connectivity index (χ3v) is 6.19. The van der Waals surface area contributed by atoms with Crippen LogP contribution < -0.4 is 20.2 Å². The molecule has 0 aliphatic carbocycles. The molecule has 188 valence electrons. The highest BCUT2D eigenvalue weighted by atomic mass is 79.9. The fourth-order valence-electron chi connectivity index (χ4n) is 3.04. The summed E-state index contributed by atoms with van der Waals surface area (Å²) in [5.41, 5.74) is 4.34. The third kappa shape index (κ3) is 7.71. The molecule has 7 nitrogen and oxygen atoms in total. The monoisotopic (exact) mass is 591 g/mol. The van der Waals surface area contributed by atoms with Crippen LogP contribution in [-0.4, -0.2) is 30.7 Å². The Labute approximate surface area is 227 Å². The standard InChI is InChI=1S/C26H24BrCl2N3O4/c1-3-35-24-12-17(8-11-23(24)36-15-18-9-10-19(28)13-22(18)29)14-30-32-25(33)16(2)31-26(34)20-6-4-5-7-21(20)27/h4-14,16H,3,15H2,1-2H3,(H,31,34)(H,32,33). The van der Waals surface area contributed by atoms with E-state index in [1.807, 2.05) is 6.92 Å². The first-order chi connectivity index (χ1) is 17.3. The largest absolute Gasteiger partial charge is 0.490 e. The molecule has 36 heavy (non-hydrogen) atoms. The molecule has 3 rings (SSSR count). The zero-order valence-corrected chi connectivity index (χ0v) is 22.7. The fraction of sp³-hybridized carbons (Fsp3) is 0.192. The number of carbonyl (C=O) groups is 2. The van der Waals surface area contributed by atoms with Crippen molar-refractivity contribution in [2.45, 2.75) is 26.5 Å². The van der Waals surface area contributed by atoms with E-state index >= 15 is 0 Å². The van der Waals surface area contributed by atoms with Crippen molar-refractivity contribution in [1.82, 2.24) is 10.7 Å². The Bertz CT molecular complexity index is 1270. The number of nitrogens with one attached hydrogen (secondary N) is 2. The number of halogens is 3. The number of hydrogen-bond donors (Lipinski definition) is 2. The van der Waals surface area contributed by atoms with Gasteiger partial charge in [-0.25, -0.2) is 5.43 Å². The van der Waals surface area contributed by atoms with Crippen molar-refractivity contribution in [2.75, 3.05) is 6.61 Å². The van der Waals surface area contributed by atoms with E-state index in [1.54, 1.807) is 67.6 Å². The first-order valence-corrected chi connectivity index (χ1v) is 12.5. The Balaban J connectivity index is 1.59. The molecular weight excluding hydrogens is 569 g/mol. The second kappa shape index (κ2) is 13.3. The minimum absolute atomic E-state index is 0.239. The van der Waals surface area contributed by atoms with Gasteiger partial charge in [0.05, 0.1) is 18.4 Å². The van der Waals surface area contributed by atoms with Crippen LogP contribution in [0.15, 0.2) is 70.2 Å². The number of hydrazone groups is 1. The maximum Gasteiger partial charge on any atom is 0.262 e. The van der Waals surface area contributed by atoms with Gasteiger partial charge in [-0.15, -0.1) is 0 Å². The van der Waals surface area contributed by atoms with E-state index in [0.717, 1.165) is 5.56 Å². The van der Waals surface area contributed by atoms with Crippen molar-refractivity contribution in [3.8, 4) is 11.5 Å². The maximum absolute atomic E-state index is 12.4. The lowest BCUT2D eigenvalue weighted by atomic mass is 10.2. The van der Waals surface area contributed by atoms with Gasteiger partial charge in [-0.3, -0.25) is 9.59 Å². The summed E-state index contributed by atoms with van der Waals surface area (Å²) in [6.45, 7) is 4.11. The summed E-state index contributed by atoms with van der Waals surface area (Å²) in [6, 6.07) is 16.6. The Hall–Kier alpha value is -3.07. The molecule has 2 amide bonds. The Morgan fingerprint density at radius 3 is 2.56 bits per heavy atom. The van der Waals surface area contributed by atoms with Crippen LogP contribution in [0.25, 0.3) is 0 Å². The van der Waals surface area contributed by atoms with Crippen LogP contribution in [-0.2, 0) is 11.4 Å². The highest BCUT2D eigenvalue weighted by Crippen LogP contribution is 2.30. The highest BCUT2D eigenvalue weighted by molar-refractivity contribution is 9.10. The molecule has 0 saturated heterocycles. The molecule has 0 radical (unpaired) electrons. The number of amides is 2. The Morgan fingerprint density at radius 1 is 1.06 bits per heavy atom. The summed E-state index contributed by atoms with van der Waals surface area (Å²) in [5.74, 6) is 0.224. The molecule has 10 heteroatoms. The predicted molar refractivity (Wildman–Crippen MR) is 145 cm³/mol. The van der Waals surface area contributed by atoms with Gasteiger partial charge in [-0.2, -0.15) is 5.10 Å². The smallest absolute Gasteiger partial charge is 0.262 e. The van der Waals surface area contributed by atoms with Gasteiger partial charge < -0.3 is 14.8 Å². The molecule has 0 aliphatic heterocycles. The quantitative estimate of drug-likeness (QED) is 0.223. The topological polar surface area (TPSA) is 89.0 Å². The lowest BCUT2D eigenvalue weighted by molar-refractivity contribution is -0.122. The number of ether oxygens (including phenoxy) is 2. The van der Waals surface area contributed by atoms with Gasteiger partial charge in [-0.1, -0.05) is 41.4 Å². The average Bonchev–Trinajstić information content (AvgIpc) is 2.84. The van der Waals surface area contributed by atoms with E-state index < -0.39 is 11.9 Å². The second-order valence-corrected chi connectivity index (χ2v) is 9.27. The zero-order valence-electron chi connectivity index (χ0n) is 19.6. The average molecular weight is 593 g/mol. The third-order valence-electron chi connectivity index (χ3n) is 4.91. The van der Waals surface area contributed by atoms with Gasteiger partial charge in [0.1, 0.15) is 12.6 Å². The summed E-state index contributed by atoms with van der Waals surface area (Å²) in [7, 11) is 0. The lowest BCUT2D eigenvalue weighted by Gasteiger charge is -2.14. The van der Waals surface area contributed by atoms with Crippen LogP contribution in [0, 0.1) is 0 Å². The van der Waals surface area contributed by atoms with Crippen LogP contribution in [0.1, 0.15) is 35.3 Å². The fourth-order valence-corrected chi connectivity index (χ4v) is 3.97. The van der Waals surface area contributed by atoms with Crippen LogP contribution >= 0.6 is 39.1 Å². The van der Waals surface area contributed by atoms with Gasteiger partial charge in [0.2, 0.25) is 0 Å². The van der Waals surface area contributed by atoms with Gasteiger partial charge in [0, 0.05) is 20.1 Å². The van der Waals surface area contributed by atoms with E-state index in [9.17, 15) is 9.59 Å². The molecular formula is C26H24BrCl2N3O4. The van der Waals surface area contributed by atoms with Crippen molar-refractivity contribution in [2.24, 2.45) is 5.10 Å². The summed E-state index contributed by atoms with van der Waals surface area (Å²) >= 11 is 15.5. The minimum atomic E-state index is -0.795. The van der Waals surface area contributed by atoms with E-state index in [-0.39, 0.29) is 12.5 Å². The van der Waals surface area contributed by atoms with Crippen LogP contribution in [0.4, 0.5) is 0 Å². The molecule has 3 aromatic rings. The van der Waals surface area contributed by atoms with Crippen LogP contribution in [0.3, 0.4) is 0 Å². The Morgan fingerprint density at radius 2 is 1.83 bits per heavy atom. The van der Waals surface area contributed by atoms with Crippen molar-refractivity contribution >= 4 is 57.2 Å². The number of carbonyl (C=O) groups excluding carboxylic acids is 2. The first kappa shape index (κ1) is 27.5. The zero-order chi connectivity index (χ0) is 26.1. The molecule has 0 heterocycles. The van der Waals surface area contributed by atoms with E-state index in [4.69, 9.17) is 32.7 Å². The molecule has 0 spiro atoms. The number of rotatable bonds is 10. The number of nitrogens with zero attached hydrogens (tertiary/aromatic N) is 1.